The first-order chi connectivity index (χ1) is 9.35. The van der Waals surface area contributed by atoms with Crippen molar-refractivity contribution in [3.8, 4) is 17.3 Å². The third-order valence-electron chi connectivity index (χ3n) is 3.00. The van der Waals surface area contributed by atoms with Crippen LogP contribution in [0.3, 0.4) is 0 Å². The van der Waals surface area contributed by atoms with Crippen LogP contribution >= 0.6 is 11.6 Å². The summed E-state index contributed by atoms with van der Waals surface area (Å²) in [7, 11) is 0. The molecule has 0 aliphatic heterocycles. The molecule has 0 bridgehead atoms. The first-order valence-corrected chi connectivity index (χ1v) is 6.26. The van der Waals surface area contributed by atoms with Crippen molar-refractivity contribution >= 4 is 11.6 Å². The van der Waals surface area contributed by atoms with E-state index in [0.717, 1.165) is 0 Å². The lowest BCUT2D eigenvalue weighted by Gasteiger charge is -2.18. The number of pyridine rings is 1. The molecule has 102 valence electrons. The lowest BCUT2D eigenvalue weighted by molar-refractivity contribution is 0.563. The van der Waals surface area contributed by atoms with Gasteiger partial charge in [-0.2, -0.15) is 5.26 Å². The van der Waals surface area contributed by atoms with E-state index in [9.17, 15) is 8.78 Å². The van der Waals surface area contributed by atoms with Crippen molar-refractivity contribution < 1.29 is 8.78 Å². The summed E-state index contributed by atoms with van der Waals surface area (Å²) in [5.41, 5.74) is -0.456. The molecule has 1 aromatic heterocycles. The molecular weight excluding hydrogens is 282 g/mol. The van der Waals surface area contributed by atoms with Crippen LogP contribution in [0.5, 0.6) is 0 Å². The van der Waals surface area contributed by atoms with Crippen LogP contribution in [0, 0.1) is 23.0 Å². The first kappa shape index (κ1) is 14.4. The highest BCUT2D eigenvalue weighted by Gasteiger charge is 2.27. The van der Waals surface area contributed by atoms with Crippen LogP contribution in [0.2, 0.25) is 5.15 Å². The van der Waals surface area contributed by atoms with E-state index < -0.39 is 17.0 Å². The maximum atomic E-state index is 14.6. The van der Waals surface area contributed by atoms with Crippen LogP contribution in [-0.2, 0) is 5.41 Å². The highest BCUT2D eigenvalue weighted by atomic mass is 35.5. The Labute approximate surface area is 120 Å². The molecule has 0 saturated heterocycles. The molecule has 2 rings (SSSR count). The number of aromatic nitrogens is 1. The number of hydrogen-bond acceptors (Lipinski definition) is 2. The second-order valence-electron chi connectivity index (χ2n) is 4.90. The Morgan fingerprint density at radius 2 is 1.80 bits per heavy atom. The zero-order valence-corrected chi connectivity index (χ0v) is 11.7. The monoisotopic (exact) mass is 292 g/mol. The number of rotatable bonds is 2. The van der Waals surface area contributed by atoms with E-state index >= 15 is 0 Å². The fourth-order valence-corrected chi connectivity index (χ4v) is 2.01. The molecule has 0 aliphatic carbocycles. The summed E-state index contributed by atoms with van der Waals surface area (Å²) in [6, 6.07) is 8.63. The molecule has 0 spiro atoms. The van der Waals surface area contributed by atoms with Crippen LogP contribution in [0.1, 0.15) is 19.4 Å². The number of halogens is 3. The normalized spacial score (nSPS) is 11.2. The third kappa shape index (κ3) is 2.63. The van der Waals surface area contributed by atoms with Crippen LogP contribution in [0.4, 0.5) is 8.78 Å². The number of nitrogens with zero attached hydrogens (tertiary/aromatic N) is 2. The fraction of sp³-hybridized carbons (Fsp3) is 0.200. The van der Waals surface area contributed by atoms with Gasteiger partial charge in [-0.3, -0.25) is 0 Å². The summed E-state index contributed by atoms with van der Waals surface area (Å²) in [4.78, 5) is 3.94. The minimum atomic E-state index is -1.04. The van der Waals surface area contributed by atoms with Crippen molar-refractivity contribution in [1.29, 1.82) is 5.26 Å². The quantitative estimate of drug-likeness (QED) is 0.765. The minimum absolute atomic E-state index is 0.0100. The highest BCUT2D eigenvalue weighted by Crippen LogP contribution is 2.32. The molecule has 0 N–H and O–H groups in total. The molecule has 0 radical (unpaired) electrons. The maximum Gasteiger partial charge on any atom is 0.154 e. The zero-order valence-electron chi connectivity index (χ0n) is 10.9. The van der Waals surface area contributed by atoms with Crippen molar-refractivity contribution in [3.63, 3.8) is 0 Å². The molecule has 0 fully saturated rings. The molecule has 0 aliphatic rings. The summed E-state index contributed by atoms with van der Waals surface area (Å²) < 4.78 is 27.5. The Bertz CT molecular complexity index is 688. The average molecular weight is 293 g/mol. The van der Waals surface area contributed by atoms with Crippen LogP contribution in [-0.4, -0.2) is 4.98 Å². The average Bonchev–Trinajstić information content (AvgIpc) is 2.42. The topological polar surface area (TPSA) is 36.7 Å². The molecule has 20 heavy (non-hydrogen) atoms. The number of benzene rings is 1. The van der Waals surface area contributed by atoms with Crippen molar-refractivity contribution in [3.05, 3.63) is 52.7 Å². The second-order valence-corrected chi connectivity index (χ2v) is 5.29. The van der Waals surface area contributed by atoms with E-state index in [-0.39, 0.29) is 16.4 Å². The van der Waals surface area contributed by atoms with Gasteiger partial charge in [0.05, 0.1) is 11.5 Å². The van der Waals surface area contributed by atoms with E-state index in [4.69, 9.17) is 16.9 Å². The smallest absolute Gasteiger partial charge is 0.154 e. The molecule has 0 saturated carbocycles. The van der Waals surface area contributed by atoms with Crippen molar-refractivity contribution in [2.45, 2.75) is 19.3 Å². The Morgan fingerprint density at radius 3 is 2.35 bits per heavy atom. The summed E-state index contributed by atoms with van der Waals surface area (Å²) in [5, 5.41) is 9.22. The Hall–Kier alpha value is -1.99. The van der Waals surface area contributed by atoms with Crippen LogP contribution < -0.4 is 0 Å². The van der Waals surface area contributed by atoms with Gasteiger partial charge in [-0.15, -0.1) is 0 Å². The summed E-state index contributed by atoms with van der Waals surface area (Å²) >= 11 is 5.90. The van der Waals surface area contributed by atoms with Gasteiger partial charge >= 0.3 is 0 Å². The Morgan fingerprint density at radius 1 is 1.20 bits per heavy atom. The maximum absolute atomic E-state index is 14.6. The lowest BCUT2D eigenvalue weighted by Crippen LogP contribution is -2.17. The molecule has 1 aromatic carbocycles. The van der Waals surface area contributed by atoms with Gasteiger partial charge in [-0.25, -0.2) is 13.8 Å². The van der Waals surface area contributed by atoms with Gasteiger partial charge in [0, 0.05) is 11.1 Å². The van der Waals surface area contributed by atoms with E-state index in [2.05, 4.69) is 4.98 Å². The lowest BCUT2D eigenvalue weighted by atomic mass is 9.85. The minimum Gasteiger partial charge on any atom is -0.233 e. The molecule has 0 amide bonds. The van der Waals surface area contributed by atoms with Gasteiger partial charge in [0.25, 0.3) is 0 Å². The van der Waals surface area contributed by atoms with Gasteiger partial charge in [0.1, 0.15) is 16.7 Å². The van der Waals surface area contributed by atoms with Crippen molar-refractivity contribution in [1.82, 2.24) is 4.98 Å². The van der Waals surface area contributed by atoms with Crippen molar-refractivity contribution in [2.24, 2.45) is 0 Å². The van der Waals surface area contributed by atoms with Crippen LogP contribution in [0.15, 0.2) is 30.3 Å². The molecule has 2 nitrogen and oxygen atoms in total. The molecule has 0 unspecified atom stereocenters. The van der Waals surface area contributed by atoms with E-state index in [1.54, 1.807) is 13.8 Å². The van der Waals surface area contributed by atoms with E-state index in [0.29, 0.717) is 5.56 Å². The van der Waals surface area contributed by atoms with Gasteiger partial charge in [0.2, 0.25) is 0 Å². The van der Waals surface area contributed by atoms with Gasteiger partial charge in [-0.05, 0) is 44.2 Å². The predicted molar refractivity (Wildman–Crippen MR) is 73.2 cm³/mol. The second kappa shape index (κ2) is 5.18. The SMILES string of the molecule is CC(C)(C#N)c1cc(Cl)nc(-c2ccc(F)cc2)c1F. The van der Waals surface area contributed by atoms with Gasteiger partial charge < -0.3 is 0 Å². The third-order valence-corrected chi connectivity index (χ3v) is 3.19. The highest BCUT2D eigenvalue weighted by molar-refractivity contribution is 6.29. The van der Waals surface area contributed by atoms with Crippen LogP contribution in [0.25, 0.3) is 11.3 Å². The first-order valence-electron chi connectivity index (χ1n) is 5.89. The number of hydrogen-bond donors (Lipinski definition) is 0. The molecule has 5 heteroatoms. The van der Waals surface area contributed by atoms with Gasteiger partial charge in [0.15, 0.2) is 5.82 Å². The summed E-state index contributed by atoms with van der Waals surface area (Å²) in [5.74, 6) is -1.04. The largest absolute Gasteiger partial charge is 0.233 e. The standard InChI is InChI=1S/C15H11ClF2N2/c1-15(2,8-19)11-7-12(16)20-14(13(11)18)9-3-5-10(17)6-4-9/h3-7H,1-2H3. The van der Waals surface area contributed by atoms with Crippen molar-refractivity contribution in [2.75, 3.05) is 0 Å². The number of nitriles is 1. The van der Waals surface area contributed by atoms with E-state index in [1.165, 1.54) is 30.3 Å². The van der Waals surface area contributed by atoms with E-state index in [1.807, 2.05) is 6.07 Å². The summed E-state index contributed by atoms with van der Waals surface area (Å²) in [6.07, 6.45) is 0. The zero-order chi connectivity index (χ0) is 14.9. The Kier molecular flexibility index (Phi) is 3.74. The molecule has 2 aromatic rings. The summed E-state index contributed by atoms with van der Waals surface area (Å²) in [6.45, 7) is 3.19. The fourth-order valence-electron chi connectivity index (χ4n) is 1.81. The van der Waals surface area contributed by atoms with Gasteiger partial charge in [-0.1, -0.05) is 11.6 Å². The molecular formula is C15H11ClF2N2. The predicted octanol–water partition coefficient (Wildman–Crippen LogP) is 4.48. The molecule has 1 heterocycles. The molecule has 0 atom stereocenters. The Balaban J connectivity index is 2.67.